The van der Waals surface area contributed by atoms with Crippen LogP contribution in [-0.4, -0.2) is 46.0 Å². The van der Waals surface area contributed by atoms with Crippen molar-refractivity contribution < 1.29 is 23.1 Å². The highest BCUT2D eigenvalue weighted by Gasteiger charge is 2.30. The highest BCUT2D eigenvalue weighted by atomic mass is 19.1. The van der Waals surface area contributed by atoms with Crippen molar-refractivity contribution in [3.05, 3.63) is 47.7 Å². The first-order valence-corrected chi connectivity index (χ1v) is 11.8. The zero-order valence-electron chi connectivity index (χ0n) is 20.3. The second-order valence-corrected chi connectivity index (χ2v) is 8.97. The number of benzene rings is 1. The second kappa shape index (κ2) is 11.9. The lowest BCUT2D eigenvalue weighted by Gasteiger charge is -2.30. The number of halogens is 3. The number of aliphatic hydroxyl groups excluding tert-OH is 1. The number of aromatic nitrogens is 2. The number of hydrogen-bond donors (Lipinski definition) is 5. The molecule has 1 aliphatic carbocycles. The van der Waals surface area contributed by atoms with E-state index in [1.165, 1.54) is 6.21 Å². The lowest BCUT2D eigenvalue weighted by Crippen LogP contribution is -2.35. The Hall–Kier alpha value is -3.54. The molecule has 196 valence electrons. The van der Waals surface area contributed by atoms with Crippen LogP contribution in [0.3, 0.4) is 0 Å². The van der Waals surface area contributed by atoms with Gasteiger partial charge in [0.1, 0.15) is 28.8 Å². The number of nitrogen functional groups attached to an aromatic ring is 1. The molecule has 1 saturated carbocycles. The van der Waals surface area contributed by atoms with Gasteiger partial charge in [0.2, 0.25) is 11.9 Å². The fraction of sp³-hybridized carbons (Fsp3) is 0.458. The van der Waals surface area contributed by atoms with Gasteiger partial charge in [-0.05, 0) is 39.5 Å². The Balaban J connectivity index is 1.90. The Bertz CT molecular complexity index is 1100. The van der Waals surface area contributed by atoms with Gasteiger partial charge >= 0.3 is 0 Å². The third kappa shape index (κ3) is 6.56. The molecule has 0 spiro atoms. The molecule has 1 aliphatic rings. The van der Waals surface area contributed by atoms with Crippen LogP contribution < -0.4 is 21.7 Å². The fourth-order valence-electron chi connectivity index (χ4n) is 4.22. The van der Waals surface area contributed by atoms with Crippen LogP contribution in [0, 0.1) is 23.4 Å². The van der Waals surface area contributed by atoms with Crippen molar-refractivity contribution in [3.63, 3.8) is 0 Å². The van der Waals surface area contributed by atoms with Crippen LogP contribution in [-0.2, 0) is 4.79 Å². The molecular formula is C24H32F3N7O2. The predicted octanol–water partition coefficient (Wildman–Crippen LogP) is 3.35. The van der Waals surface area contributed by atoms with Crippen LogP contribution in [0.25, 0.3) is 0 Å². The van der Waals surface area contributed by atoms with Gasteiger partial charge in [0, 0.05) is 36.7 Å². The largest absolute Gasteiger partial charge is 0.395 e. The van der Waals surface area contributed by atoms with Crippen molar-refractivity contribution in [2.24, 2.45) is 10.9 Å². The van der Waals surface area contributed by atoms with Gasteiger partial charge < -0.3 is 26.8 Å². The van der Waals surface area contributed by atoms with Crippen LogP contribution >= 0.6 is 0 Å². The molecule has 6 N–H and O–H groups in total. The molecule has 0 radical (unpaired) electrons. The van der Waals surface area contributed by atoms with E-state index in [1.54, 1.807) is 4.57 Å². The van der Waals surface area contributed by atoms with Gasteiger partial charge in [-0.1, -0.05) is 6.58 Å². The number of carbonyl (C=O) groups is 1. The second-order valence-electron chi connectivity index (χ2n) is 8.97. The van der Waals surface area contributed by atoms with Crippen molar-refractivity contribution >= 4 is 29.6 Å². The molecule has 0 unspecified atom stereocenters. The average Bonchev–Trinajstić information content (AvgIpc) is 3.12. The van der Waals surface area contributed by atoms with Crippen LogP contribution in [0.15, 0.2) is 29.5 Å². The van der Waals surface area contributed by atoms with Crippen LogP contribution in [0.2, 0.25) is 0 Å². The lowest BCUT2D eigenvalue weighted by molar-refractivity contribution is -0.126. The van der Waals surface area contributed by atoms with E-state index >= 15 is 0 Å². The summed E-state index contributed by atoms with van der Waals surface area (Å²) in [5, 5.41) is 17.3. The van der Waals surface area contributed by atoms with E-state index in [2.05, 4.69) is 32.5 Å². The first kappa shape index (κ1) is 27.1. The SMILES string of the molecule is C=C(N=Cc1nc(Nc2c(F)cc(F)cc2F)n(C2CCC(C(=O)NCCO)CC2)c1N)NC(C)C. The van der Waals surface area contributed by atoms with Gasteiger partial charge in [0.05, 0.1) is 12.8 Å². The number of aliphatic imine (C=N–C) groups is 1. The molecule has 0 atom stereocenters. The molecule has 0 aliphatic heterocycles. The number of nitrogens with one attached hydrogen (secondary N) is 3. The summed E-state index contributed by atoms with van der Waals surface area (Å²) in [6.07, 6.45) is 3.62. The number of nitrogens with two attached hydrogens (primary N) is 1. The van der Waals surface area contributed by atoms with E-state index in [1.807, 2.05) is 13.8 Å². The third-order valence-electron chi connectivity index (χ3n) is 5.86. The molecule has 12 heteroatoms. The van der Waals surface area contributed by atoms with Gasteiger partial charge in [0.25, 0.3) is 0 Å². The third-order valence-corrected chi connectivity index (χ3v) is 5.86. The number of imidazole rings is 1. The first-order valence-electron chi connectivity index (χ1n) is 11.8. The Morgan fingerprint density at radius 3 is 2.50 bits per heavy atom. The quantitative estimate of drug-likeness (QED) is 0.314. The van der Waals surface area contributed by atoms with Crippen LogP contribution in [0.5, 0.6) is 0 Å². The number of hydrogen-bond acceptors (Lipinski definition) is 7. The van der Waals surface area contributed by atoms with E-state index < -0.39 is 23.1 Å². The summed E-state index contributed by atoms with van der Waals surface area (Å²) < 4.78 is 43.8. The maximum absolute atomic E-state index is 14.4. The Morgan fingerprint density at radius 2 is 1.92 bits per heavy atom. The number of amides is 1. The standard InChI is InChI=1S/C24H32F3N7O2/c1-13(2)31-14(3)30-12-20-22(28)34(17-6-4-15(5-7-17)23(36)29-8-9-35)24(32-20)33-21-18(26)10-16(25)11-19(21)27/h10-13,15,17,31,35H,3-9,28H2,1-2H3,(H,29,36)(H,32,33). The number of anilines is 3. The van der Waals surface area contributed by atoms with Crippen LogP contribution in [0.4, 0.5) is 30.6 Å². The topological polar surface area (TPSA) is 130 Å². The minimum absolute atomic E-state index is 0.0639. The zero-order chi connectivity index (χ0) is 26.4. The predicted molar refractivity (Wildman–Crippen MR) is 132 cm³/mol. The summed E-state index contributed by atoms with van der Waals surface area (Å²) in [5.74, 6) is -2.95. The number of rotatable bonds is 10. The monoisotopic (exact) mass is 507 g/mol. The minimum atomic E-state index is -1.12. The molecular weight excluding hydrogens is 475 g/mol. The molecule has 2 aromatic rings. The smallest absolute Gasteiger partial charge is 0.223 e. The summed E-state index contributed by atoms with van der Waals surface area (Å²) in [6, 6.07) is 1.04. The van der Waals surface area contributed by atoms with E-state index in [-0.39, 0.29) is 54.5 Å². The van der Waals surface area contributed by atoms with Crippen molar-refractivity contribution in [2.75, 3.05) is 24.2 Å². The molecule has 0 saturated heterocycles. The highest BCUT2D eigenvalue weighted by Crippen LogP contribution is 2.38. The number of aliphatic hydroxyl groups is 1. The molecule has 1 aromatic carbocycles. The summed E-state index contributed by atoms with van der Waals surface area (Å²) in [5.41, 5.74) is 6.10. The fourth-order valence-corrected chi connectivity index (χ4v) is 4.22. The highest BCUT2D eigenvalue weighted by molar-refractivity contribution is 5.85. The van der Waals surface area contributed by atoms with Crippen molar-refractivity contribution in [3.8, 4) is 0 Å². The molecule has 0 bridgehead atoms. The minimum Gasteiger partial charge on any atom is -0.395 e. The van der Waals surface area contributed by atoms with E-state index in [4.69, 9.17) is 10.8 Å². The number of nitrogens with zero attached hydrogens (tertiary/aromatic N) is 3. The van der Waals surface area contributed by atoms with E-state index in [0.717, 1.165) is 0 Å². The normalized spacial score (nSPS) is 18.0. The van der Waals surface area contributed by atoms with E-state index in [9.17, 15) is 18.0 Å². The van der Waals surface area contributed by atoms with Crippen molar-refractivity contribution in [1.29, 1.82) is 0 Å². The van der Waals surface area contributed by atoms with Gasteiger partial charge in [-0.15, -0.1) is 0 Å². The molecule has 1 heterocycles. The Morgan fingerprint density at radius 1 is 1.28 bits per heavy atom. The van der Waals surface area contributed by atoms with Crippen LogP contribution in [0.1, 0.15) is 51.3 Å². The summed E-state index contributed by atoms with van der Waals surface area (Å²) in [6.45, 7) is 7.73. The summed E-state index contributed by atoms with van der Waals surface area (Å²) in [7, 11) is 0. The maximum Gasteiger partial charge on any atom is 0.223 e. The van der Waals surface area contributed by atoms with Gasteiger partial charge in [-0.2, -0.15) is 0 Å². The number of carbonyl (C=O) groups excluding carboxylic acids is 1. The molecule has 36 heavy (non-hydrogen) atoms. The molecule has 3 rings (SSSR count). The summed E-state index contributed by atoms with van der Waals surface area (Å²) >= 11 is 0. The Labute approximate surface area is 207 Å². The maximum atomic E-state index is 14.4. The molecule has 1 fully saturated rings. The van der Waals surface area contributed by atoms with Gasteiger partial charge in [-0.25, -0.2) is 23.1 Å². The Kier molecular flexibility index (Phi) is 8.97. The summed E-state index contributed by atoms with van der Waals surface area (Å²) in [4.78, 5) is 20.9. The first-order chi connectivity index (χ1) is 17.1. The van der Waals surface area contributed by atoms with Gasteiger partial charge in [-0.3, -0.25) is 9.36 Å². The molecule has 1 amide bonds. The van der Waals surface area contributed by atoms with Crippen molar-refractivity contribution in [2.45, 2.75) is 51.6 Å². The van der Waals surface area contributed by atoms with E-state index in [0.29, 0.717) is 43.6 Å². The average molecular weight is 508 g/mol. The zero-order valence-corrected chi connectivity index (χ0v) is 20.3. The molecule has 9 nitrogen and oxygen atoms in total. The van der Waals surface area contributed by atoms with Gasteiger partial charge in [0.15, 0.2) is 11.6 Å². The molecule has 1 aromatic heterocycles. The lowest BCUT2D eigenvalue weighted by atomic mass is 9.85. The van der Waals surface area contributed by atoms with Crippen molar-refractivity contribution in [1.82, 2.24) is 20.2 Å².